The molecule has 5 heteroatoms. The standard InChI is InChI=1S/C8H4ClNO3/c9-8(11)12-7-5-3-1-2-4-6(5)13-10-7/h1-4H. The van der Waals surface area contributed by atoms with Crippen molar-refractivity contribution in [3.05, 3.63) is 24.3 Å². The molecule has 0 fully saturated rings. The Balaban J connectivity index is 2.51. The second kappa shape index (κ2) is 3.06. The molecular weight excluding hydrogens is 194 g/mol. The predicted molar refractivity (Wildman–Crippen MR) is 45.9 cm³/mol. The van der Waals surface area contributed by atoms with Crippen molar-refractivity contribution in [3.63, 3.8) is 0 Å². The van der Waals surface area contributed by atoms with E-state index in [1.165, 1.54) is 0 Å². The lowest BCUT2D eigenvalue weighted by Crippen LogP contribution is -1.95. The zero-order valence-corrected chi connectivity index (χ0v) is 7.12. The van der Waals surface area contributed by atoms with Gasteiger partial charge in [-0.1, -0.05) is 12.1 Å². The number of carbonyl (C=O) groups excluding carboxylic acids is 1. The Morgan fingerprint density at radius 2 is 2.23 bits per heavy atom. The van der Waals surface area contributed by atoms with Gasteiger partial charge in [0.05, 0.1) is 5.39 Å². The van der Waals surface area contributed by atoms with Crippen molar-refractivity contribution in [2.24, 2.45) is 0 Å². The van der Waals surface area contributed by atoms with Crippen LogP contribution in [-0.2, 0) is 0 Å². The van der Waals surface area contributed by atoms with Crippen molar-refractivity contribution in [3.8, 4) is 5.88 Å². The Hall–Kier alpha value is -1.55. The van der Waals surface area contributed by atoms with Crippen LogP contribution in [0, 0.1) is 0 Å². The van der Waals surface area contributed by atoms with Crippen LogP contribution in [0.15, 0.2) is 28.8 Å². The molecule has 0 aliphatic heterocycles. The number of hydrogen-bond donors (Lipinski definition) is 0. The summed E-state index contributed by atoms with van der Waals surface area (Å²) in [5.41, 5.74) is -0.380. The molecule has 13 heavy (non-hydrogen) atoms. The number of nitrogens with zero attached hydrogens (tertiary/aromatic N) is 1. The van der Waals surface area contributed by atoms with Crippen LogP contribution in [-0.4, -0.2) is 10.6 Å². The third-order valence-electron chi connectivity index (χ3n) is 1.52. The summed E-state index contributed by atoms with van der Waals surface area (Å²) in [7, 11) is 0. The minimum absolute atomic E-state index is 0.0931. The fourth-order valence-electron chi connectivity index (χ4n) is 1.01. The van der Waals surface area contributed by atoms with E-state index >= 15 is 0 Å². The van der Waals surface area contributed by atoms with Crippen molar-refractivity contribution in [2.45, 2.75) is 0 Å². The molecule has 2 aromatic rings. The van der Waals surface area contributed by atoms with Crippen molar-refractivity contribution in [1.82, 2.24) is 5.16 Å². The molecule has 2 rings (SSSR count). The average molecular weight is 198 g/mol. The number of halogens is 1. The number of rotatable bonds is 1. The van der Waals surface area contributed by atoms with Gasteiger partial charge in [-0.25, -0.2) is 4.79 Å². The number of ether oxygens (including phenoxy) is 1. The van der Waals surface area contributed by atoms with Crippen LogP contribution < -0.4 is 4.74 Å². The summed E-state index contributed by atoms with van der Waals surface area (Å²) >= 11 is 5.03. The van der Waals surface area contributed by atoms with Crippen molar-refractivity contribution in [2.75, 3.05) is 0 Å². The first-order valence-electron chi connectivity index (χ1n) is 3.49. The Labute approximate surface area is 78.0 Å². The van der Waals surface area contributed by atoms with Gasteiger partial charge in [-0.2, -0.15) is 0 Å². The van der Waals surface area contributed by atoms with E-state index in [1.54, 1.807) is 24.3 Å². The molecule has 66 valence electrons. The summed E-state index contributed by atoms with van der Waals surface area (Å²) in [6.07, 6.45) is 0. The quantitative estimate of drug-likeness (QED) is 0.660. The molecule has 0 saturated heterocycles. The number of fused-ring (bicyclic) bond motifs is 1. The van der Waals surface area contributed by atoms with Gasteiger partial charge >= 0.3 is 5.43 Å². The fraction of sp³-hybridized carbons (Fsp3) is 0. The van der Waals surface area contributed by atoms with E-state index in [-0.39, 0.29) is 5.88 Å². The fourth-order valence-corrected chi connectivity index (χ4v) is 1.09. The second-order valence-corrected chi connectivity index (χ2v) is 2.63. The molecule has 1 aromatic heterocycles. The maximum Gasteiger partial charge on any atom is 0.410 e. The first kappa shape index (κ1) is 8.07. The lowest BCUT2D eigenvalue weighted by molar-refractivity contribution is 0.221. The van der Waals surface area contributed by atoms with Crippen LogP contribution in [0.3, 0.4) is 0 Å². The molecule has 0 N–H and O–H groups in total. The topological polar surface area (TPSA) is 52.3 Å². The minimum atomic E-state index is -0.931. The molecule has 0 aliphatic rings. The number of para-hydroxylation sites is 1. The van der Waals surface area contributed by atoms with Crippen LogP contribution in [0.4, 0.5) is 4.79 Å². The molecule has 0 spiro atoms. The Bertz CT molecular complexity index is 451. The molecule has 0 amide bonds. The monoisotopic (exact) mass is 197 g/mol. The van der Waals surface area contributed by atoms with Crippen molar-refractivity contribution in [1.29, 1.82) is 0 Å². The van der Waals surface area contributed by atoms with Crippen LogP contribution in [0.1, 0.15) is 0 Å². The smallest absolute Gasteiger partial charge is 0.391 e. The minimum Gasteiger partial charge on any atom is -0.391 e. The zero-order valence-electron chi connectivity index (χ0n) is 6.36. The highest BCUT2D eigenvalue weighted by molar-refractivity contribution is 6.61. The predicted octanol–water partition coefficient (Wildman–Crippen LogP) is 2.57. The van der Waals surface area contributed by atoms with Gasteiger partial charge in [-0.15, -0.1) is 0 Å². The summed E-state index contributed by atoms with van der Waals surface area (Å²) in [5, 5.41) is 4.15. The summed E-state index contributed by atoms with van der Waals surface area (Å²) in [5.74, 6) is 0.0931. The maximum atomic E-state index is 10.4. The summed E-state index contributed by atoms with van der Waals surface area (Å²) < 4.78 is 9.45. The van der Waals surface area contributed by atoms with Crippen LogP contribution in [0.2, 0.25) is 0 Å². The van der Waals surface area contributed by atoms with Gasteiger partial charge in [-0.05, 0) is 17.3 Å². The molecule has 0 aliphatic carbocycles. The number of hydrogen-bond acceptors (Lipinski definition) is 4. The first-order chi connectivity index (χ1) is 6.27. The van der Waals surface area contributed by atoms with E-state index in [1.807, 2.05) is 0 Å². The Morgan fingerprint density at radius 1 is 1.46 bits per heavy atom. The third kappa shape index (κ3) is 1.48. The van der Waals surface area contributed by atoms with Crippen LogP contribution in [0.25, 0.3) is 11.0 Å². The van der Waals surface area contributed by atoms with Gasteiger partial charge in [0.15, 0.2) is 5.58 Å². The summed E-state index contributed by atoms with van der Waals surface area (Å²) in [6, 6.07) is 7.01. The lowest BCUT2D eigenvalue weighted by Gasteiger charge is -1.91. The molecule has 0 saturated carbocycles. The largest absolute Gasteiger partial charge is 0.410 e. The highest BCUT2D eigenvalue weighted by atomic mass is 35.5. The van der Waals surface area contributed by atoms with E-state index < -0.39 is 5.43 Å². The first-order valence-corrected chi connectivity index (χ1v) is 3.87. The van der Waals surface area contributed by atoms with Gasteiger partial charge in [-0.3, -0.25) is 0 Å². The van der Waals surface area contributed by atoms with Crippen molar-refractivity contribution < 1.29 is 14.1 Å². The van der Waals surface area contributed by atoms with Gasteiger partial charge in [0.2, 0.25) is 0 Å². The zero-order chi connectivity index (χ0) is 9.26. The average Bonchev–Trinajstić information content (AvgIpc) is 2.48. The van der Waals surface area contributed by atoms with Crippen LogP contribution in [0.5, 0.6) is 5.88 Å². The molecule has 0 bridgehead atoms. The Kier molecular flexibility index (Phi) is 1.90. The summed E-state index contributed by atoms with van der Waals surface area (Å²) in [4.78, 5) is 10.4. The lowest BCUT2D eigenvalue weighted by atomic mass is 10.3. The highest BCUT2D eigenvalue weighted by Gasteiger charge is 2.10. The summed E-state index contributed by atoms with van der Waals surface area (Å²) in [6.45, 7) is 0. The maximum absolute atomic E-state index is 10.4. The molecule has 0 radical (unpaired) electrons. The second-order valence-electron chi connectivity index (χ2n) is 2.32. The van der Waals surface area contributed by atoms with Crippen molar-refractivity contribution >= 4 is 28.0 Å². The SMILES string of the molecule is O=C(Cl)Oc1noc2ccccc12. The van der Waals surface area contributed by atoms with E-state index in [0.717, 1.165) is 0 Å². The van der Waals surface area contributed by atoms with Gasteiger partial charge in [0.1, 0.15) is 0 Å². The molecule has 1 heterocycles. The van der Waals surface area contributed by atoms with Gasteiger partial charge in [0.25, 0.3) is 5.88 Å². The van der Waals surface area contributed by atoms with Gasteiger partial charge in [0, 0.05) is 11.6 Å². The number of carbonyl (C=O) groups is 1. The molecule has 0 unspecified atom stereocenters. The van der Waals surface area contributed by atoms with E-state index in [4.69, 9.17) is 16.1 Å². The molecule has 4 nitrogen and oxygen atoms in total. The van der Waals surface area contributed by atoms with E-state index in [0.29, 0.717) is 11.0 Å². The third-order valence-corrected chi connectivity index (χ3v) is 1.60. The number of benzene rings is 1. The Morgan fingerprint density at radius 3 is 3.00 bits per heavy atom. The van der Waals surface area contributed by atoms with Gasteiger partial charge < -0.3 is 9.26 Å². The number of aromatic nitrogens is 1. The van der Waals surface area contributed by atoms with E-state index in [2.05, 4.69) is 9.89 Å². The normalized spacial score (nSPS) is 10.2. The molecule has 0 atom stereocenters. The molecule has 1 aromatic carbocycles. The van der Waals surface area contributed by atoms with Crippen LogP contribution >= 0.6 is 11.6 Å². The molecular formula is C8H4ClNO3. The van der Waals surface area contributed by atoms with E-state index in [9.17, 15) is 4.79 Å². The highest BCUT2D eigenvalue weighted by Crippen LogP contribution is 2.24.